The molecule has 0 aliphatic heterocycles. The molecular formula is C17H14BrClN2O6. The van der Waals surface area contributed by atoms with Crippen molar-refractivity contribution in [3.05, 3.63) is 61.6 Å². The molecule has 142 valence electrons. The Morgan fingerprint density at radius 2 is 1.96 bits per heavy atom. The number of carbonyl (C=O) groups excluding carboxylic acids is 2. The zero-order valence-corrected chi connectivity index (χ0v) is 16.4. The molecule has 0 heterocycles. The van der Waals surface area contributed by atoms with Crippen molar-refractivity contribution in [3.8, 4) is 5.75 Å². The molecule has 2 aromatic rings. The van der Waals surface area contributed by atoms with Crippen LogP contribution in [-0.4, -0.2) is 30.0 Å². The minimum atomic E-state index is -0.748. The van der Waals surface area contributed by atoms with Gasteiger partial charge in [-0.2, -0.15) is 0 Å². The number of amides is 1. The molecule has 0 fully saturated rings. The summed E-state index contributed by atoms with van der Waals surface area (Å²) in [5.41, 5.74) is 0.580. The largest absolute Gasteiger partial charge is 0.481 e. The second kappa shape index (κ2) is 9.33. The molecule has 0 spiro atoms. The Labute approximate surface area is 167 Å². The van der Waals surface area contributed by atoms with Gasteiger partial charge in [0.05, 0.1) is 9.40 Å². The summed E-state index contributed by atoms with van der Waals surface area (Å²) in [6.45, 7) is 0.639. The molecule has 2 aromatic carbocycles. The summed E-state index contributed by atoms with van der Waals surface area (Å²) >= 11 is 9.05. The number of carbonyl (C=O) groups is 2. The first-order valence-corrected chi connectivity index (χ1v) is 8.71. The van der Waals surface area contributed by atoms with Gasteiger partial charge < -0.3 is 14.8 Å². The van der Waals surface area contributed by atoms with Crippen molar-refractivity contribution in [1.29, 1.82) is 0 Å². The van der Waals surface area contributed by atoms with Crippen LogP contribution in [0, 0.1) is 17.0 Å². The fraction of sp³-hybridized carbons (Fsp3) is 0.176. The number of anilines is 1. The number of halogens is 2. The van der Waals surface area contributed by atoms with E-state index < -0.39 is 30.0 Å². The highest BCUT2D eigenvalue weighted by molar-refractivity contribution is 9.10. The molecule has 27 heavy (non-hydrogen) atoms. The molecule has 2 rings (SSSR count). The Hall–Kier alpha value is -2.65. The quantitative estimate of drug-likeness (QED) is 0.384. The first-order valence-electron chi connectivity index (χ1n) is 7.54. The number of nitrogens with one attached hydrogen (secondary N) is 1. The van der Waals surface area contributed by atoms with Crippen molar-refractivity contribution in [2.75, 3.05) is 18.5 Å². The number of nitro benzene ring substituents is 1. The summed E-state index contributed by atoms with van der Waals surface area (Å²) in [5, 5.41) is 13.8. The third kappa shape index (κ3) is 6.22. The summed E-state index contributed by atoms with van der Waals surface area (Å²) in [5.74, 6) is -0.983. The highest BCUT2D eigenvalue weighted by Crippen LogP contribution is 2.28. The van der Waals surface area contributed by atoms with Crippen molar-refractivity contribution < 1.29 is 24.0 Å². The van der Waals surface area contributed by atoms with E-state index >= 15 is 0 Å². The van der Waals surface area contributed by atoms with Crippen LogP contribution in [0.4, 0.5) is 11.4 Å². The van der Waals surface area contributed by atoms with Gasteiger partial charge in [0.15, 0.2) is 13.2 Å². The van der Waals surface area contributed by atoms with Crippen molar-refractivity contribution in [2.45, 2.75) is 6.92 Å². The Kier molecular flexibility index (Phi) is 7.14. The molecule has 1 N–H and O–H groups in total. The molecule has 10 heteroatoms. The number of ether oxygens (including phenoxy) is 2. The minimum absolute atomic E-state index is 0.119. The lowest BCUT2D eigenvalue weighted by Crippen LogP contribution is -2.23. The van der Waals surface area contributed by atoms with E-state index in [9.17, 15) is 19.7 Å². The van der Waals surface area contributed by atoms with E-state index in [1.807, 2.05) is 0 Å². The molecule has 0 aliphatic rings. The van der Waals surface area contributed by atoms with E-state index in [-0.39, 0.29) is 11.4 Å². The normalized spacial score (nSPS) is 10.2. The van der Waals surface area contributed by atoms with Crippen molar-refractivity contribution in [1.82, 2.24) is 0 Å². The fourth-order valence-corrected chi connectivity index (χ4v) is 2.79. The molecule has 0 radical (unpaired) electrons. The van der Waals surface area contributed by atoms with Crippen molar-refractivity contribution >= 4 is 50.8 Å². The second-order valence-electron chi connectivity index (χ2n) is 5.33. The third-order valence-electron chi connectivity index (χ3n) is 3.29. The zero-order valence-electron chi connectivity index (χ0n) is 14.0. The maximum atomic E-state index is 11.8. The molecule has 0 atom stereocenters. The number of aryl methyl sites for hydroxylation is 1. The van der Waals surface area contributed by atoms with Crippen LogP contribution in [0.3, 0.4) is 0 Å². The first kappa shape index (κ1) is 20.7. The summed E-state index contributed by atoms with van der Waals surface area (Å²) in [6.07, 6.45) is 0. The van der Waals surface area contributed by atoms with Crippen LogP contribution < -0.4 is 10.1 Å². The van der Waals surface area contributed by atoms with E-state index in [0.29, 0.717) is 20.8 Å². The van der Waals surface area contributed by atoms with Gasteiger partial charge in [-0.05, 0) is 47.1 Å². The number of hydrogen-bond acceptors (Lipinski definition) is 6. The van der Waals surface area contributed by atoms with E-state index in [1.54, 1.807) is 25.1 Å². The van der Waals surface area contributed by atoms with Gasteiger partial charge in [-0.3, -0.25) is 14.9 Å². The highest BCUT2D eigenvalue weighted by Gasteiger charge is 2.14. The smallest absolute Gasteiger partial charge is 0.344 e. The number of nitrogens with zero attached hydrogens (tertiary/aromatic N) is 1. The van der Waals surface area contributed by atoms with Crippen LogP contribution in [0.2, 0.25) is 5.02 Å². The van der Waals surface area contributed by atoms with Gasteiger partial charge in [-0.15, -0.1) is 0 Å². The fourth-order valence-electron chi connectivity index (χ4n) is 2.00. The van der Waals surface area contributed by atoms with Crippen molar-refractivity contribution in [2.24, 2.45) is 0 Å². The van der Waals surface area contributed by atoms with Gasteiger partial charge in [0, 0.05) is 22.3 Å². The predicted molar refractivity (Wildman–Crippen MR) is 102 cm³/mol. The van der Waals surface area contributed by atoms with Gasteiger partial charge in [-0.25, -0.2) is 4.79 Å². The van der Waals surface area contributed by atoms with Crippen LogP contribution in [0.25, 0.3) is 0 Å². The van der Waals surface area contributed by atoms with Gasteiger partial charge in [-0.1, -0.05) is 17.7 Å². The van der Waals surface area contributed by atoms with Gasteiger partial charge in [0.2, 0.25) is 0 Å². The lowest BCUT2D eigenvalue weighted by atomic mass is 10.2. The summed E-state index contributed by atoms with van der Waals surface area (Å²) in [4.78, 5) is 33.9. The third-order valence-corrected chi connectivity index (χ3v) is 4.15. The zero-order chi connectivity index (χ0) is 20.0. The molecule has 0 saturated heterocycles. The lowest BCUT2D eigenvalue weighted by Gasteiger charge is -2.09. The van der Waals surface area contributed by atoms with Crippen LogP contribution in [0.15, 0.2) is 40.9 Å². The van der Waals surface area contributed by atoms with Crippen molar-refractivity contribution in [3.63, 3.8) is 0 Å². The average Bonchev–Trinajstić information content (AvgIpc) is 2.60. The maximum absolute atomic E-state index is 11.8. The standard InChI is InChI=1S/C17H14BrClN2O6/c1-10-2-4-12(7-14(10)21(24)25)20-16(22)8-27-17(23)9-26-15-5-3-11(19)6-13(15)18/h2-7H,8-9H2,1H3,(H,20,22). The maximum Gasteiger partial charge on any atom is 0.344 e. The Morgan fingerprint density at radius 3 is 2.63 bits per heavy atom. The Bertz CT molecular complexity index is 890. The first-order chi connectivity index (χ1) is 12.8. The topological polar surface area (TPSA) is 108 Å². The van der Waals surface area contributed by atoms with Crippen LogP contribution >= 0.6 is 27.5 Å². The molecule has 0 saturated carbocycles. The summed E-state index contributed by atoms with van der Waals surface area (Å²) in [7, 11) is 0. The van der Waals surface area contributed by atoms with E-state index in [2.05, 4.69) is 21.2 Å². The molecule has 0 aromatic heterocycles. The minimum Gasteiger partial charge on any atom is -0.481 e. The molecule has 0 bridgehead atoms. The van der Waals surface area contributed by atoms with E-state index in [1.165, 1.54) is 18.2 Å². The number of benzene rings is 2. The number of esters is 1. The highest BCUT2D eigenvalue weighted by atomic mass is 79.9. The number of nitro groups is 1. The Balaban J connectivity index is 1.82. The van der Waals surface area contributed by atoms with Crippen LogP contribution in [0.1, 0.15) is 5.56 Å². The number of rotatable bonds is 7. The lowest BCUT2D eigenvalue weighted by molar-refractivity contribution is -0.385. The molecule has 0 aliphatic carbocycles. The van der Waals surface area contributed by atoms with Gasteiger partial charge in [0.1, 0.15) is 5.75 Å². The monoisotopic (exact) mass is 456 g/mol. The molecule has 1 amide bonds. The predicted octanol–water partition coefficient (Wildman–Crippen LogP) is 3.88. The molecule has 8 nitrogen and oxygen atoms in total. The SMILES string of the molecule is Cc1ccc(NC(=O)COC(=O)COc2ccc(Cl)cc2Br)cc1[N+](=O)[O-]. The van der Waals surface area contributed by atoms with Gasteiger partial charge >= 0.3 is 5.97 Å². The summed E-state index contributed by atoms with van der Waals surface area (Å²) < 4.78 is 10.7. The van der Waals surface area contributed by atoms with Crippen LogP contribution in [-0.2, 0) is 14.3 Å². The second-order valence-corrected chi connectivity index (χ2v) is 6.62. The average molecular weight is 458 g/mol. The van der Waals surface area contributed by atoms with Crippen LogP contribution in [0.5, 0.6) is 5.75 Å². The number of hydrogen-bond donors (Lipinski definition) is 1. The van der Waals surface area contributed by atoms with E-state index in [4.69, 9.17) is 21.1 Å². The summed E-state index contributed by atoms with van der Waals surface area (Å²) in [6, 6.07) is 9.05. The van der Waals surface area contributed by atoms with E-state index in [0.717, 1.165) is 0 Å². The Morgan fingerprint density at radius 1 is 1.22 bits per heavy atom. The van der Waals surface area contributed by atoms with Gasteiger partial charge in [0.25, 0.3) is 11.6 Å². The molecule has 0 unspecified atom stereocenters. The molecular weight excluding hydrogens is 444 g/mol.